The Morgan fingerprint density at radius 1 is 1.35 bits per heavy atom. The Morgan fingerprint density at radius 3 is 2.65 bits per heavy atom. The summed E-state index contributed by atoms with van der Waals surface area (Å²) in [4.78, 5) is 24.6. The van der Waals surface area contributed by atoms with Crippen LogP contribution in [0, 0.1) is 0 Å². The van der Waals surface area contributed by atoms with E-state index in [0.717, 1.165) is 11.3 Å². The predicted molar refractivity (Wildman–Crippen MR) is 88.8 cm³/mol. The highest BCUT2D eigenvalue weighted by atomic mass is 35.5. The lowest BCUT2D eigenvalue weighted by atomic mass is 10.0. The number of fused-ring (bicyclic) bond motifs is 1. The van der Waals surface area contributed by atoms with Gasteiger partial charge in [-0.3, -0.25) is 9.59 Å². The lowest BCUT2D eigenvalue weighted by molar-refractivity contribution is -0.142. The van der Waals surface area contributed by atoms with Crippen LogP contribution in [0.25, 0.3) is 6.08 Å². The van der Waals surface area contributed by atoms with Gasteiger partial charge >= 0.3 is 5.97 Å². The molecule has 0 bridgehead atoms. The molecule has 0 fully saturated rings. The fourth-order valence-electron chi connectivity index (χ4n) is 2.99. The minimum Gasteiger partial charge on any atom is -0.469 e. The molecule has 1 aliphatic heterocycles. The molecular formula is C18H16ClNO3. The number of carbonyl (C=O) groups is 2. The van der Waals surface area contributed by atoms with Crippen molar-refractivity contribution in [1.82, 2.24) is 4.57 Å². The van der Waals surface area contributed by atoms with Gasteiger partial charge < -0.3 is 9.30 Å². The number of rotatable bonds is 4. The smallest absolute Gasteiger partial charge is 0.314 e. The van der Waals surface area contributed by atoms with Gasteiger partial charge in [0.05, 0.1) is 18.1 Å². The van der Waals surface area contributed by atoms with Gasteiger partial charge in [0.25, 0.3) is 0 Å². The zero-order valence-electron chi connectivity index (χ0n) is 12.7. The monoisotopic (exact) mass is 329 g/mol. The summed E-state index contributed by atoms with van der Waals surface area (Å²) in [5.74, 6) is -0.808. The van der Waals surface area contributed by atoms with Crippen molar-refractivity contribution in [1.29, 1.82) is 0 Å². The molecule has 1 aromatic carbocycles. The minimum atomic E-state index is -0.359. The fraction of sp³-hybridized carbons (Fsp3) is 0.222. The first kappa shape index (κ1) is 15.6. The number of hydrogen-bond donors (Lipinski definition) is 0. The van der Waals surface area contributed by atoms with Crippen molar-refractivity contribution in [2.45, 2.75) is 18.9 Å². The van der Waals surface area contributed by atoms with Crippen LogP contribution in [0.2, 0.25) is 5.02 Å². The highest BCUT2D eigenvalue weighted by Crippen LogP contribution is 2.36. The summed E-state index contributed by atoms with van der Waals surface area (Å²) in [5, 5.41) is 0.367. The normalized spacial score (nSPS) is 16.0. The third-order valence-electron chi connectivity index (χ3n) is 4.19. The summed E-state index contributed by atoms with van der Waals surface area (Å²) >= 11 is 6.27. The Labute approximate surface area is 139 Å². The highest BCUT2D eigenvalue weighted by Gasteiger charge is 2.34. The zero-order chi connectivity index (χ0) is 16.6. The first-order valence-corrected chi connectivity index (χ1v) is 7.68. The standard InChI is InChI=1S/C18H16ClNO3/c1-3-11-4-6-12(7-5-11)17(21)16-14(19)10-15-13(18(22)23-2)8-9-20(15)16/h3-7,10,13H,1,8-9H2,2H3. The number of ketones is 1. The molecule has 0 saturated carbocycles. The Bertz CT molecular complexity index is 789. The van der Waals surface area contributed by atoms with Gasteiger partial charge in [-0.1, -0.05) is 48.5 Å². The van der Waals surface area contributed by atoms with E-state index in [0.29, 0.717) is 29.2 Å². The highest BCUT2D eigenvalue weighted by molar-refractivity contribution is 6.35. The van der Waals surface area contributed by atoms with E-state index in [9.17, 15) is 9.59 Å². The van der Waals surface area contributed by atoms with Crippen LogP contribution >= 0.6 is 11.6 Å². The maximum atomic E-state index is 12.8. The molecule has 5 heteroatoms. The van der Waals surface area contributed by atoms with Crippen LogP contribution < -0.4 is 0 Å². The number of esters is 1. The molecule has 0 saturated heterocycles. The van der Waals surface area contributed by atoms with E-state index >= 15 is 0 Å². The predicted octanol–water partition coefficient (Wildman–Crippen LogP) is 3.68. The molecule has 4 nitrogen and oxygen atoms in total. The molecule has 0 aliphatic carbocycles. The second-order valence-electron chi connectivity index (χ2n) is 5.44. The third kappa shape index (κ3) is 2.59. The van der Waals surface area contributed by atoms with Gasteiger partial charge in [0, 0.05) is 17.8 Å². The van der Waals surface area contributed by atoms with Gasteiger partial charge in [0.1, 0.15) is 5.69 Å². The summed E-state index contributed by atoms with van der Waals surface area (Å²) in [5.41, 5.74) is 2.67. The van der Waals surface area contributed by atoms with E-state index in [1.54, 1.807) is 24.3 Å². The van der Waals surface area contributed by atoms with Gasteiger partial charge in [-0.05, 0) is 18.1 Å². The van der Waals surface area contributed by atoms with E-state index in [1.165, 1.54) is 7.11 Å². The molecule has 1 atom stereocenters. The van der Waals surface area contributed by atoms with Crippen molar-refractivity contribution >= 4 is 29.4 Å². The van der Waals surface area contributed by atoms with E-state index in [1.807, 2.05) is 16.7 Å². The number of methoxy groups -OCH3 is 1. The molecule has 0 radical (unpaired) electrons. The summed E-state index contributed by atoms with van der Waals surface area (Å²) in [6.45, 7) is 4.27. The minimum absolute atomic E-state index is 0.151. The Morgan fingerprint density at radius 2 is 2.04 bits per heavy atom. The maximum absolute atomic E-state index is 12.8. The molecule has 118 valence electrons. The van der Waals surface area contributed by atoms with E-state index in [2.05, 4.69) is 6.58 Å². The lowest BCUT2D eigenvalue weighted by Gasteiger charge is -2.07. The van der Waals surface area contributed by atoms with Crippen LogP contribution in [-0.4, -0.2) is 23.4 Å². The molecular weight excluding hydrogens is 314 g/mol. The van der Waals surface area contributed by atoms with E-state index < -0.39 is 0 Å². The first-order chi connectivity index (χ1) is 11.1. The topological polar surface area (TPSA) is 48.3 Å². The van der Waals surface area contributed by atoms with Gasteiger partial charge in [-0.15, -0.1) is 0 Å². The van der Waals surface area contributed by atoms with Gasteiger partial charge in [0.15, 0.2) is 0 Å². The van der Waals surface area contributed by atoms with Crippen LogP contribution in [0.1, 0.15) is 39.6 Å². The number of ether oxygens (including phenoxy) is 1. The van der Waals surface area contributed by atoms with Crippen LogP contribution in [0.4, 0.5) is 0 Å². The van der Waals surface area contributed by atoms with Crippen LogP contribution in [0.3, 0.4) is 0 Å². The molecule has 0 amide bonds. The zero-order valence-corrected chi connectivity index (χ0v) is 13.5. The second kappa shape index (κ2) is 6.05. The van der Waals surface area contributed by atoms with E-state index in [-0.39, 0.29) is 17.7 Å². The van der Waals surface area contributed by atoms with Gasteiger partial charge in [-0.2, -0.15) is 0 Å². The van der Waals surface area contributed by atoms with Crippen LogP contribution in [-0.2, 0) is 16.1 Å². The molecule has 23 heavy (non-hydrogen) atoms. The van der Waals surface area contributed by atoms with Crippen molar-refractivity contribution in [3.05, 3.63) is 64.4 Å². The molecule has 3 rings (SSSR count). The number of carbonyl (C=O) groups excluding carboxylic acids is 2. The van der Waals surface area contributed by atoms with Crippen molar-refractivity contribution in [3.63, 3.8) is 0 Å². The van der Waals surface area contributed by atoms with Crippen LogP contribution in [0.5, 0.6) is 0 Å². The molecule has 1 aliphatic rings. The Kier molecular flexibility index (Phi) is 4.09. The van der Waals surface area contributed by atoms with E-state index in [4.69, 9.17) is 16.3 Å². The quantitative estimate of drug-likeness (QED) is 0.635. The maximum Gasteiger partial charge on any atom is 0.314 e. The summed E-state index contributed by atoms with van der Waals surface area (Å²) in [7, 11) is 1.36. The molecule has 2 aromatic rings. The van der Waals surface area contributed by atoms with Gasteiger partial charge in [0.2, 0.25) is 5.78 Å². The number of hydrogen-bond acceptors (Lipinski definition) is 3. The number of benzene rings is 1. The third-order valence-corrected chi connectivity index (χ3v) is 4.48. The van der Waals surface area contributed by atoms with Crippen molar-refractivity contribution < 1.29 is 14.3 Å². The molecule has 0 spiro atoms. The number of aromatic nitrogens is 1. The largest absolute Gasteiger partial charge is 0.469 e. The molecule has 1 unspecified atom stereocenters. The number of halogens is 1. The summed E-state index contributed by atoms with van der Waals surface area (Å²) in [6, 6.07) is 8.87. The number of nitrogens with zero attached hydrogens (tertiary/aromatic N) is 1. The van der Waals surface area contributed by atoms with Gasteiger partial charge in [-0.25, -0.2) is 0 Å². The lowest BCUT2D eigenvalue weighted by Crippen LogP contribution is -2.11. The molecule has 0 N–H and O–H groups in total. The van der Waals surface area contributed by atoms with Crippen molar-refractivity contribution in [2.75, 3.05) is 7.11 Å². The second-order valence-corrected chi connectivity index (χ2v) is 5.84. The first-order valence-electron chi connectivity index (χ1n) is 7.30. The SMILES string of the molecule is C=Cc1ccc(C(=O)c2c(Cl)cc3n2CCC3C(=O)OC)cc1. The average Bonchev–Trinajstić information content (AvgIpc) is 3.11. The van der Waals surface area contributed by atoms with Crippen molar-refractivity contribution in [2.24, 2.45) is 0 Å². The van der Waals surface area contributed by atoms with Crippen LogP contribution in [0.15, 0.2) is 36.9 Å². The molecule has 2 heterocycles. The Hall–Kier alpha value is -2.33. The molecule has 1 aromatic heterocycles. The Balaban J connectivity index is 1.99. The summed E-state index contributed by atoms with van der Waals surface area (Å²) < 4.78 is 6.65. The average molecular weight is 330 g/mol. The fourth-order valence-corrected chi connectivity index (χ4v) is 3.29. The summed E-state index contributed by atoms with van der Waals surface area (Å²) in [6.07, 6.45) is 2.34. The van der Waals surface area contributed by atoms with Crippen molar-refractivity contribution in [3.8, 4) is 0 Å².